The summed E-state index contributed by atoms with van der Waals surface area (Å²) >= 11 is 12.3. The van der Waals surface area contributed by atoms with Gasteiger partial charge in [0.25, 0.3) is 0 Å². The molecule has 0 saturated carbocycles. The Balaban J connectivity index is 1.63. The number of carbonyl (C=O) groups is 2. The van der Waals surface area contributed by atoms with Crippen molar-refractivity contribution in [2.75, 3.05) is 18.4 Å². The molecular weight excluding hydrogens is 539 g/mol. The van der Waals surface area contributed by atoms with Gasteiger partial charge >= 0.3 is 12.2 Å². The van der Waals surface area contributed by atoms with Crippen molar-refractivity contribution in [3.8, 4) is 0 Å². The summed E-state index contributed by atoms with van der Waals surface area (Å²) in [4.78, 5) is 26.9. The maximum absolute atomic E-state index is 12.9. The molecule has 10 heteroatoms. The zero-order valence-corrected chi connectivity index (χ0v) is 24.8. The average molecular weight is 576 g/mol. The molecule has 0 radical (unpaired) electrons. The van der Waals surface area contributed by atoms with Crippen LogP contribution in [-0.2, 0) is 29.0 Å². The van der Waals surface area contributed by atoms with E-state index in [1.807, 2.05) is 53.7 Å². The van der Waals surface area contributed by atoms with Crippen molar-refractivity contribution in [3.05, 3.63) is 57.7 Å². The molecule has 0 saturated heterocycles. The third-order valence-corrected chi connectivity index (χ3v) is 6.86. The maximum atomic E-state index is 12.9. The number of hydrogen-bond donors (Lipinski definition) is 2. The SMILES string of the molecule is CC(C)(C)OC(=O)NCCn1c2c(c3cc(Nc4ccc(Cl)c(Cl)c4)ccc31)CCN(C(=O)OC(C)(C)C)C2. The Morgan fingerprint density at radius 2 is 1.59 bits per heavy atom. The van der Waals surface area contributed by atoms with Gasteiger partial charge < -0.3 is 29.6 Å². The predicted molar refractivity (Wildman–Crippen MR) is 156 cm³/mol. The number of benzene rings is 2. The molecule has 2 aromatic carbocycles. The molecule has 2 heterocycles. The molecule has 0 aliphatic carbocycles. The highest BCUT2D eigenvalue weighted by Gasteiger charge is 2.30. The van der Waals surface area contributed by atoms with Crippen LogP contribution in [-0.4, -0.2) is 45.9 Å². The second-order valence-corrected chi connectivity index (χ2v) is 12.5. The molecule has 39 heavy (non-hydrogen) atoms. The first-order chi connectivity index (χ1) is 18.2. The fraction of sp³-hybridized carbons (Fsp3) is 0.448. The van der Waals surface area contributed by atoms with E-state index in [1.54, 1.807) is 17.0 Å². The summed E-state index contributed by atoms with van der Waals surface area (Å²) in [5, 5.41) is 8.32. The summed E-state index contributed by atoms with van der Waals surface area (Å²) in [7, 11) is 0. The molecule has 8 nitrogen and oxygen atoms in total. The van der Waals surface area contributed by atoms with Gasteiger partial charge in [-0.05, 0) is 89.9 Å². The summed E-state index contributed by atoms with van der Waals surface area (Å²) in [5.41, 5.74) is 3.81. The topological polar surface area (TPSA) is 84.8 Å². The van der Waals surface area contributed by atoms with Gasteiger partial charge in [-0.15, -0.1) is 0 Å². The van der Waals surface area contributed by atoms with E-state index in [0.29, 0.717) is 42.6 Å². The molecule has 0 bridgehead atoms. The Kier molecular flexibility index (Phi) is 8.28. The lowest BCUT2D eigenvalue weighted by Crippen LogP contribution is -2.40. The van der Waals surface area contributed by atoms with Gasteiger partial charge in [-0.3, -0.25) is 0 Å². The third kappa shape index (κ3) is 7.31. The number of nitrogens with one attached hydrogen (secondary N) is 2. The summed E-state index contributed by atoms with van der Waals surface area (Å²) < 4.78 is 13.2. The van der Waals surface area contributed by atoms with Gasteiger partial charge in [0.15, 0.2) is 0 Å². The molecule has 2 N–H and O–H groups in total. The van der Waals surface area contributed by atoms with Crippen LogP contribution in [0.25, 0.3) is 10.9 Å². The van der Waals surface area contributed by atoms with E-state index < -0.39 is 17.3 Å². The van der Waals surface area contributed by atoms with E-state index in [-0.39, 0.29) is 6.09 Å². The smallest absolute Gasteiger partial charge is 0.410 e. The number of hydrogen-bond acceptors (Lipinski definition) is 5. The molecular formula is C29H36Cl2N4O4. The number of halogens is 2. The monoisotopic (exact) mass is 574 g/mol. The zero-order chi connectivity index (χ0) is 28.5. The fourth-order valence-electron chi connectivity index (χ4n) is 4.58. The second kappa shape index (κ2) is 11.2. The van der Waals surface area contributed by atoms with Crippen LogP contribution in [0.5, 0.6) is 0 Å². The van der Waals surface area contributed by atoms with Crippen molar-refractivity contribution in [1.29, 1.82) is 0 Å². The van der Waals surface area contributed by atoms with Gasteiger partial charge in [0, 0.05) is 47.6 Å². The lowest BCUT2D eigenvalue weighted by molar-refractivity contribution is 0.0219. The molecule has 2 amide bonds. The van der Waals surface area contributed by atoms with Gasteiger partial charge in [0.2, 0.25) is 0 Å². The molecule has 1 aromatic heterocycles. The molecule has 3 aromatic rings. The van der Waals surface area contributed by atoms with Crippen LogP contribution in [0.4, 0.5) is 21.0 Å². The van der Waals surface area contributed by atoms with Crippen molar-refractivity contribution in [1.82, 2.24) is 14.8 Å². The second-order valence-electron chi connectivity index (χ2n) is 11.6. The highest BCUT2D eigenvalue weighted by molar-refractivity contribution is 6.42. The first kappa shape index (κ1) is 28.9. The summed E-state index contributed by atoms with van der Waals surface area (Å²) in [6, 6.07) is 11.6. The summed E-state index contributed by atoms with van der Waals surface area (Å²) in [6.07, 6.45) is -0.108. The number of aromatic nitrogens is 1. The number of carbonyl (C=O) groups excluding carboxylic acids is 2. The molecule has 4 rings (SSSR count). The van der Waals surface area contributed by atoms with Gasteiger partial charge in [-0.1, -0.05) is 23.2 Å². The minimum Gasteiger partial charge on any atom is -0.444 e. The molecule has 210 valence electrons. The van der Waals surface area contributed by atoms with E-state index in [2.05, 4.69) is 27.3 Å². The molecule has 0 unspecified atom stereocenters. The van der Waals surface area contributed by atoms with Crippen LogP contribution in [0.3, 0.4) is 0 Å². The molecule has 0 spiro atoms. The van der Waals surface area contributed by atoms with E-state index in [4.69, 9.17) is 32.7 Å². The first-order valence-corrected chi connectivity index (χ1v) is 13.8. The summed E-state index contributed by atoms with van der Waals surface area (Å²) in [6.45, 7) is 13.0. The van der Waals surface area contributed by atoms with E-state index in [0.717, 1.165) is 28.0 Å². The van der Waals surface area contributed by atoms with E-state index in [9.17, 15) is 9.59 Å². The lowest BCUT2D eigenvalue weighted by Gasteiger charge is -2.31. The standard InChI is InChI=1S/C29H36Cl2N4O4/c1-28(2,3)38-26(36)32-12-14-35-24-10-8-18(33-19-7-9-22(30)23(31)16-19)15-21(24)20-11-13-34(17-25(20)35)27(37)39-29(4,5)6/h7-10,15-16,33H,11-14,17H2,1-6H3,(H,32,36). The van der Waals surface area contributed by atoms with Gasteiger partial charge in [-0.25, -0.2) is 9.59 Å². The molecule has 0 atom stereocenters. The van der Waals surface area contributed by atoms with Crippen molar-refractivity contribution in [3.63, 3.8) is 0 Å². The van der Waals surface area contributed by atoms with Crippen molar-refractivity contribution in [2.45, 2.75) is 72.3 Å². The minimum atomic E-state index is -0.577. The van der Waals surface area contributed by atoms with Crippen LogP contribution in [0.1, 0.15) is 52.8 Å². The molecule has 1 aliphatic heterocycles. The number of alkyl carbamates (subject to hydrolysis) is 1. The van der Waals surface area contributed by atoms with Crippen molar-refractivity contribution < 1.29 is 19.1 Å². The van der Waals surface area contributed by atoms with E-state index >= 15 is 0 Å². The number of amides is 2. The Morgan fingerprint density at radius 1 is 0.923 bits per heavy atom. The van der Waals surface area contributed by atoms with Crippen LogP contribution in [0.2, 0.25) is 10.0 Å². The predicted octanol–water partition coefficient (Wildman–Crippen LogP) is 7.51. The number of nitrogens with zero attached hydrogens (tertiary/aromatic N) is 2. The zero-order valence-electron chi connectivity index (χ0n) is 23.3. The molecule has 1 aliphatic rings. The number of rotatable bonds is 5. The van der Waals surface area contributed by atoms with Crippen LogP contribution < -0.4 is 10.6 Å². The number of ether oxygens (including phenoxy) is 2. The first-order valence-electron chi connectivity index (χ1n) is 13.0. The van der Waals surface area contributed by atoms with Gasteiger partial charge in [0.05, 0.1) is 16.6 Å². The minimum absolute atomic E-state index is 0.334. The average Bonchev–Trinajstić information content (AvgIpc) is 3.11. The van der Waals surface area contributed by atoms with Crippen LogP contribution in [0, 0.1) is 0 Å². The Bertz CT molecular complexity index is 1390. The maximum Gasteiger partial charge on any atom is 0.410 e. The van der Waals surface area contributed by atoms with Gasteiger partial charge in [-0.2, -0.15) is 0 Å². The highest BCUT2D eigenvalue weighted by atomic mass is 35.5. The number of fused-ring (bicyclic) bond motifs is 3. The van der Waals surface area contributed by atoms with Crippen LogP contribution in [0.15, 0.2) is 36.4 Å². The third-order valence-electron chi connectivity index (χ3n) is 6.12. The lowest BCUT2D eigenvalue weighted by atomic mass is 10.0. The summed E-state index contributed by atoms with van der Waals surface area (Å²) in [5.74, 6) is 0. The fourth-order valence-corrected chi connectivity index (χ4v) is 4.88. The molecule has 0 fully saturated rings. The highest BCUT2D eigenvalue weighted by Crippen LogP contribution is 2.34. The quantitative estimate of drug-likeness (QED) is 0.329. The van der Waals surface area contributed by atoms with Crippen LogP contribution >= 0.6 is 23.2 Å². The Hall–Kier alpha value is -3.10. The number of anilines is 2. The normalized spacial score (nSPS) is 13.7. The van der Waals surface area contributed by atoms with E-state index in [1.165, 1.54) is 5.56 Å². The Labute approximate surface area is 239 Å². The Morgan fingerprint density at radius 3 is 2.26 bits per heavy atom. The largest absolute Gasteiger partial charge is 0.444 e. The van der Waals surface area contributed by atoms with Crippen molar-refractivity contribution in [2.24, 2.45) is 0 Å². The van der Waals surface area contributed by atoms with Gasteiger partial charge in [0.1, 0.15) is 11.2 Å². The van der Waals surface area contributed by atoms with Crippen molar-refractivity contribution >= 4 is 57.7 Å².